The molecule has 7 aromatic rings. The van der Waals surface area contributed by atoms with Crippen LogP contribution in [0.3, 0.4) is 0 Å². The summed E-state index contributed by atoms with van der Waals surface area (Å²) in [6.07, 6.45) is 7.72. The molecule has 0 bridgehead atoms. The van der Waals surface area contributed by atoms with Crippen LogP contribution in [-0.2, 0) is 0 Å². The van der Waals surface area contributed by atoms with Crippen molar-refractivity contribution < 1.29 is 0 Å². The first-order valence-corrected chi connectivity index (χ1v) is 10.0. The van der Waals surface area contributed by atoms with Gasteiger partial charge in [-0.25, -0.2) is 4.98 Å². The average molecular weight is 384 g/mol. The molecule has 0 saturated heterocycles. The van der Waals surface area contributed by atoms with Gasteiger partial charge in [-0.3, -0.25) is 9.38 Å². The van der Waals surface area contributed by atoms with Crippen LogP contribution in [0, 0.1) is 0 Å². The maximum atomic E-state index is 4.68. The molecule has 4 heteroatoms. The normalized spacial score (nSPS) is 12.0. The van der Waals surface area contributed by atoms with E-state index in [9.17, 15) is 0 Å². The Bertz CT molecular complexity index is 1740. The lowest BCUT2D eigenvalue weighted by atomic mass is 10.0. The minimum atomic E-state index is 0.974. The molecule has 0 atom stereocenters. The Morgan fingerprint density at radius 1 is 0.600 bits per heavy atom. The van der Waals surface area contributed by atoms with E-state index in [1.54, 1.807) is 0 Å². The number of nitrogens with zero attached hydrogens (tertiary/aromatic N) is 4. The summed E-state index contributed by atoms with van der Waals surface area (Å²) in [7, 11) is 0. The molecule has 0 spiro atoms. The van der Waals surface area contributed by atoms with E-state index in [-0.39, 0.29) is 0 Å². The quantitative estimate of drug-likeness (QED) is 0.319. The molecule has 0 N–H and O–H groups in total. The van der Waals surface area contributed by atoms with Gasteiger partial charge in [-0.15, -0.1) is 0 Å². The van der Waals surface area contributed by atoms with Crippen LogP contribution in [0.15, 0.2) is 97.6 Å². The topological polar surface area (TPSA) is 35.1 Å². The highest BCUT2D eigenvalue weighted by Gasteiger charge is 2.18. The summed E-state index contributed by atoms with van der Waals surface area (Å²) in [5.74, 6) is 0. The van der Waals surface area contributed by atoms with Crippen molar-refractivity contribution in [3.8, 4) is 5.69 Å². The first kappa shape index (κ1) is 15.7. The molecule has 3 aromatic carbocycles. The fourth-order valence-corrected chi connectivity index (χ4v) is 4.87. The molecule has 0 saturated carbocycles. The number of pyridine rings is 2. The van der Waals surface area contributed by atoms with E-state index in [2.05, 4.69) is 91.7 Å². The summed E-state index contributed by atoms with van der Waals surface area (Å²) in [6.45, 7) is 0. The smallest absolute Gasteiger partial charge is 0.145 e. The molecular formula is C26H16N4. The van der Waals surface area contributed by atoms with Gasteiger partial charge in [0.05, 0.1) is 16.6 Å². The van der Waals surface area contributed by atoms with Gasteiger partial charge >= 0.3 is 0 Å². The van der Waals surface area contributed by atoms with Crippen LogP contribution in [0.1, 0.15) is 0 Å². The zero-order valence-electron chi connectivity index (χ0n) is 16.0. The lowest BCUT2D eigenvalue weighted by Crippen LogP contribution is -1.94. The SMILES string of the molecule is c1ccc(-n2c3ccccc3c3c4c5cnccc5n5ccnc5c4ccc32)cc1. The average Bonchev–Trinajstić information content (AvgIpc) is 3.43. The van der Waals surface area contributed by atoms with E-state index in [1.165, 1.54) is 27.2 Å². The number of hydrogen-bond donors (Lipinski definition) is 0. The van der Waals surface area contributed by atoms with Gasteiger partial charge in [0, 0.05) is 57.4 Å². The van der Waals surface area contributed by atoms with E-state index in [1.807, 2.05) is 24.8 Å². The predicted octanol–water partition coefficient (Wildman–Crippen LogP) is 6.13. The van der Waals surface area contributed by atoms with Gasteiger partial charge in [0.25, 0.3) is 0 Å². The molecule has 0 aliphatic rings. The third-order valence-corrected chi connectivity index (χ3v) is 6.06. The zero-order chi connectivity index (χ0) is 19.7. The first-order valence-electron chi connectivity index (χ1n) is 10.0. The molecule has 0 unspecified atom stereocenters. The number of para-hydroxylation sites is 2. The molecule has 0 aliphatic heterocycles. The Morgan fingerprint density at radius 3 is 2.40 bits per heavy atom. The number of imidazole rings is 1. The molecule has 4 aromatic heterocycles. The number of fused-ring (bicyclic) bond motifs is 10. The Hall–Kier alpha value is -4.18. The minimum absolute atomic E-state index is 0.974. The molecule has 30 heavy (non-hydrogen) atoms. The van der Waals surface area contributed by atoms with Crippen molar-refractivity contribution in [1.82, 2.24) is 18.9 Å². The van der Waals surface area contributed by atoms with Crippen molar-refractivity contribution >= 4 is 49.1 Å². The van der Waals surface area contributed by atoms with Crippen molar-refractivity contribution in [2.24, 2.45) is 0 Å². The van der Waals surface area contributed by atoms with Crippen molar-refractivity contribution in [2.75, 3.05) is 0 Å². The van der Waals surface area contributed by atoms with Crippen LogP contribution in [0.5, 0.6) is 0 Å². The third kappa shape index (κ3) is 1.90. The Morgan fingerprint density at radius 2 is 1.47 bits per heavy atom. The van der Waals surface area contributed by atoms with E-state index in [0.29, 0.717) is 0 Å². The maximum absolute atomic E-state index is 4.68. The molecule has 0 fully saturated rings. The van der Waals surface area contributed by atoms with Gasteiger partial charge in [0.1, 0.15) is 5.65 Å². The fraction of sp³-hybridized carbons (Fsp3) is 0. The Kier molecular flexibility index (Phi) is 2.97. The summed E-state index contributed by atoms with van der Waals surface area (Å²) in [6, 6.07) is 25.7. The molecular weight excluding hydrogens is 368 g/mol. The number of benzene rings is 3. The van der Waals surface area contributed by atoms with Crippen LogP contribution >= 0.6 is 0 Å². The van der Waals surface area contributed by atoms with Gasteiger partial charge in [-0.05, 0) is 36.4 Å². The van der Waals surface area contributed by atoms with Crippen molar-refractivity contribution in [3.05, 3.63) is 97.6 Å². The van der Waals surface area contributed by atoms with Gasteiger partial charge in [0.15, 0.2) is 0 Å². The van der Waals surface area contributed by atoms with Crippen LogP contribution in [0.25, 0.3) is 54.8 Å². The van der Waals surface area contributed by atoms with Crippen LogP contribution < -0.4 is 0 Å². The first-order chi connectivity index (χ1) is 14.9. The zero-order valence-corrected chi connectivity index (χ0v) is 16.0. The van der Waals surface area contributed by atoms with E-state index in [4.69, 9.17) is 0 Å². The second-order valence-electron chi connectivity index (χ2n) is 7.58. The number of aromatic nitrogens is 4. The van der Waals surface area contributed by atoms with E-state index >= 15 is 0 Å². The van der Waals surface area contributed by atoms with Gasteiger partial charge in [-0.1, -0.05) is 36.4 Å². The largest absolute Gasteiger partial charge is 0.309 e. The monoisotopic (exact) mass is 384 g/mol. The third-order valence-electron chi connectivity index (χ3n) is 6.06. The van der Waals surface area contributed by atoms with Crippen molar-refractivity contribution in [2.45, 2.75) is 0 Å². The van der Waals surface area contributed by atoms with Crippen LogP contribution in [-0.4, -0.2) is 18.9 Å². The van der Waals surface area contributed by atoms with Crippen molar-refractivity contribution in [3.63, 3.8) is 0 Å². The lowest BCUT2D eigenvalue weighted by Gasteiger charge is -2.11. The van der Waals surface area contributed by atoms with Gasteiger partial charge in [-0.2, -0.15) is 0 Å². The van der Waals surface area contributed by atoms with Crippen LogP contribution in [0.4, 0.5) is 0 Å². The van der Waals surface area contributed by atoms with Gasteiger partial charge in [0.2, 0.25) is 0 Å². The minimum Gasteiger partial charge on any atom is -0.309 e. The van der Waals surface area contributed by atoms with Crippen molar-refractivity contribution in [1.29, 1.82) is 0 Å². The second kappa shape index (κ2) is 5.67. The highest BCUT2D eigenvalue weighted by atomic mass is 15.0. The second-order valence-corrected chi connectivity index (χ2v) is 7.58. The summed E-state index contributed by atoms with van der Waals surface area (Å²) < 4.78 is 4.50. The molecule has 140 valence electrons. The Balaban J connectivity index is 1.83. The summed E-state index contributed by atoms with van der Waals surface area (Å²) in [5.41, 5.74) is 5.64. The lowest BCUT2D eigenvalue weighted by molar-refractivity contribution is 1.18. The van der Waals surface area contributed by atoms with Gasteiger partial charge < -0.3 is 4.57 Å². The van der Waals surface area contributed by atoms with E-state index in [0.717, 1.165) is 27.6 Å². The Labute approximate surface area is 171 Å². The molecule has 4 nitrogen and oxygen atoms in total. The highest BCUT2D eigenvalue weighted by Crippen LogP contribution is 2.40. The number of hydrogen-bond acceptors (Lipinski definition) is 2. The molecule has 7 rings (SSSR count). The maximum Gasteiger partial charge on any atom is 0.145 e. The highest BCUT2D eigenvalue weighted by molar-refractivity contribution is 6.29. The molecule has 0 radical (unpaired) electrons. The summed E-state index contributed by atoms with van der Waals surface area (Å²) in [4.78, 5) is 9.15. The van der Waals surface area contributed by atoms with E-state index < -0.39 is 0 Å². The standard InChI is InChI=1S/C26H16N4/c1-2-6-17(7-3-1)30-22-9-5-4-8-18(22)25-23(30)11-10-19-24(25)20-16-27-13-12-21(20)29-15-14-28-26(19)29/h1-16H. The predicted molar refractivity (Wildman–Crippen MR) is 122 cm³/mol. The fourth-order valence-electron chi connectivity index (χ4n) is 4.87. The summed E-state index contributed by atoms with van der Waals surface area (Å²) >= 11 is 0. The van der Waals surface area contributed by atoms with Crippen LogP contribution in [0.2, 0.25) is 0 Å². The number of rotatable bonds is 1. The molecule has 4 heterocycles. The summed E-state index contributed by atoms with van der Waals surface area (Å²) in [5, 5.41) is 5.97. The molecule has 0 aliphatic carbocycles. The molecule has 0 amide bonds.